The Balaban J connectivity index is 2.92. The van der Waals surface area contributed by atoms with Crippen molar-refractivity contribution in [3.05, 3.63) is 10.7 Å². The zero-order valence-electron chi connectivity index (χ0n) is 6.87. The van der Waals surface area contributed by atoms with E-state index in [1.165, 1.54) is 0 Å². The van der Waals surface area contributed by atoms with Gasteiger partial charge in [0.05, 0.1) is 0 Å². The lowest BCUT2D eigenvalue weighted by Gasteiger charge is -2.07. The van der Waals surface area contributed by atoms with Crippen molar-refractivity contribution in [1.29, 1.82) is 5.41 Å². The van der Waals surface area contributed by atoms with E-state index in [9.17, 15) is 0 Å². The van der Waals surface area contributed by atoms with Gasteiger partial charge in [0.2, 0.25) is 0 Å². The minimum absolute atomic E-state index is 0.447. The molecule has 3 heteroatoms. The van der Waals surface area contributed by atoms with Crippen molar-refractivity contribution in [2.75, 3.05) is 7.05 Å². The Bertz CT molecular complexity index is 208. The van der Waals surface area contributed by atoms with E-state index in [-0.39, 0.29) is 0 Å². The van der Waals surface area contributed by atoms with E-state index in [2.05, 4.69) is 12.2 Å². The van der Waals surface area contributed by atoms with Gasteiger partial charge in [-0.3, -0.25) is 0 Å². The van der Waals surface area contributed by atoms with Crippen molar-refractivity contribution in [2.45, 2.75) is 19.8 Å². The van der Waals surface area contributed by atoms with Crippen LogP contribution in [0.15, 0.2) is 10.7 Å². The molecule has 1 saturated carbocycles. The highest BCUT2D eigenvalue weighted by Gasteiger charge is 2.24. The molecule has 0 radical (unpaired) electrons. The van der Waals surface area contributed by atoms with Gasteiger partial charge in [-0.15, -0.1) is 0 Å². The molecule has 0 heterocycles. The first-order chi connectivity index (χ1) is 5.16. The fraction of sp³-hybridized carbons (Fsp3) is 0.625. The number of hydrogen-bond donors (Lipinski definition) is 2. The Morgan fingerprint density at radius 2 is 2.36 bits per heavy atom. The first kappa shape index (κ1) is 8.60. The number of rotatable bonds is 1. The Kier molecular flexibility index (Phi) is 2.55. The van der Waals surface area contributed by atoms with E-state index < -0.39 is 0 Å². The van der Waals surface area contributed by atoms with Gasteiger partial charge in [-0.25, -0.2) is 0 Å². The third-order valence-electron chi connectivity index (χ3n) is 2.10. The lowest BCUT2D eigenvalue weighted by Crippen LogP contribution is -2.09. The van der Waals surface area contributed by atoms with Crippen LogP contribution in [0.4, 0.5) is 0 Å². The lowest BCUT2D eigenvalue weighted by molar-refractivity contribution is 0.691. The molecule has 0 spiro atoms. The molecule has 2 nitrogen and oxygen atoms in total. The molecule has 1 rings (SSSR count). The molecule has 1 fully saturated rings. The van der Waals surface area contributed by atoms with Crippen LogP contribution in [-0.4, -0.2) is 12.8 Å². The average molecular weight is 173 g/mol. The van der Waals surface area contributed by atoms with Crippen molar-refractivity contribution in [1.82, 2.24) is 5.32 Å². The summed E-state index contributed by atoms with van der Waals surface area (Å²) >= 11 is 5.89. The highest BCUT2D eigenvalue weighted by molar-refractivity contribution is 6.32. The molecule has 0 aromatic heterocycles. The van der Waals surface area contributed by atoms with Crippen LogP contribution in [0.2, 0.25) is 0 Å². The molecule has 0 bridgehead atoms. The molecule has 2 N–H and O–H groups in total. The first-order valence-corrected chi connectivity index (χ1v) is 4.19. The van der Waals surface area contributed by atoms with Crippen LogP contribution in [0.5, 0.6) is 0 Å². The Morgan fingerprint density at radius 3 is 2.73 bits per heavy atom. The first-order valence-electron chi connectivity index (χ1n) is 3.82. The summed E-state index contributed by atoms with van der Waals surface area (Å²) in [6.07, 6.45) is 1.93. The predicted molar refractivity (Wildman–Crippen MR) is 48.1 cm³/mol. The SMILES string of the molecule is CN/C(Cl)=C1\C(=N)CC[C@H]1C. The summed E-state index contributed by atoms with van der Waals surface area (Å²) in [7, 11) is 1.79. The number of halogens is 1. The summed E-state index contributed by atoms with van der Waals surface area (Å²) in [6, 6.07) is 0. The molecule has 0 saturated heterocycles. The van der Waals surface area contributed by atoms with Gasteiger partial charge < -0.3 is 10.7 Å². The molecule has 1 atom stereocenters. The van der Waals surface area contributed by atoms with Gasteiger partial charge in [-0.05, 0) is 18.8 Å². The summed E-state index contributed by atoms with van der Waals surface area (Å²) in [6.45, 7) is 2.11. The van der Waals surface area contributed by atoms with Crippen molar-refractivity contribution in [2.24, 2.45) is 5.92 Å². The van der Waals surface area contributed by atoms with Crippen LogP contribution in [-0.2, 0) is 0 Å². The molecule has 0 aromatic carbocycles. The van der Waals surface area contributed by atoms with Gasteiger partial charge in [-0.2, -0.15) is 0 Å². The van der Waals surface area contributed by atoms with Gasteiger partial charge >= 0.3 is 0 Å². The summed E-state index contributed by atoms with van der Waals surface area (Å²) in [5, 5.41) is 11.1. The minimum Gasteiger partial charge on any atom is -0.379 e. The summed E-state index contributed by atoms with van der Waals surface area (Å²) < 4.78 is 0. The van der Waals surface area contributed by atoms with Crippen LogP contribution in [0.25, 0.3) is 0 Å². The fourth-order valence-corrected chi connectivity index (χ4v) is 1.72. The van der Waals surface area contributed by atoms with Crippen LogP contribution in [0.1, 0.15) is 19.8 Å². The quantitative estimate of drug-likeness (QED) is 0.584. The second-order valence-electron chi connectivity index (χ2n) is 2.90. The second-order valence-corrected chi connectivity index (χ2v) is 3.27. The molecule has 0 aliphatic heterocycles. The molecule has 62 valence electrons. The zero-order valence-corrected chi connectivity index (χ0v) is 7.63. The molecule has 1 aliphatic carbocycles. The van der Waals surface area contributed by atoms with Crippen molar-refractivity contribution in [3.63, 3.8) is 0 Å². The molecular weight excluding hydrogens is 160 g/mol. The maximum Gasteiger partial charge on any atom is 0.107 e. The Labute approximate surface area is 72.1 Å². The van der Waals surface area contributed by atoms with Gasteiger partial charge in [-0.1, -0.05) is 18.5 Å². The van der Waals surface area contributed by atoms with E-state index >= 15 is 0 Å². The van der Waals surface area contributed by atoms with E-state index in [4.69, 9.17) is 17.0 Å². The summed E-state index contributed by atoms with van der Waals surface area (Å²) in [4.78, 5) is 0. The monoisotopic (exact) mass is 172 g/mol. The molecule has 0 aromatic rings. The third kappa shape index (κ3) is 1.56. The van der Waals surface area contributed by atoms with Crippen LogP contribution in [0.3, 0.4) is 0 Å². The van der Waals surface area contributed by atoms with Gasteiger partial charge in [0.1, 0.15) is 5.16 Å². The third-order valence-corrected chi connectivity index (χ3v) is 2.49. The van der Waals surface area contributed by atoms with Crippen LogP contribution >= 0.6 is 11.6 Å². The zero-order chi connectivity index (χ0) is 8.43. The standard InChI is InChI=1S/C8H13ClN2/c1-5-3-4-6(10)7(5)8(9)11-2/h5,10-11H,3-4H2,1-2H3/b8-7-,10-6?/t5-/m1/s1. The summed E-state index contributed by atoms with van der Waals surface area (Å²) in [5.41, 5.74) is 1.69. The highest BCUT2D eigenvalue weighted by Crippen LogP contribution is 2.30. The molecule has 0 unspecified atom stereocenters. The minimum atomic E-state index is 0.447. The average Bonchev–Trinajstić information content (AvgIpc) is 2.30. The number of allylic oxidation sites excluding steroid dienone is 1. The van der Waals surface area contributed by atoms with E-state index in [0.717, 1.165) is 18.4 Å². The van der Waals surface area contributed by atoms with Gasteiger partial charge in [0, 0.05) is 18.3 Å². The van der Waals surface area contributed by atoms with Gasteiger partial charge in [0.15, 0.2) is 0 Å². The number of hydrogen-bond acceptors (Lipinski definition) is 2. The maximum atomic E-state index is 7.59. The molecule has 0 amide bonds. The van der Waals surface area contributed by atoms with Crippen LogP contribution < -0.4 is 5.32 Å². The topological polar surface area (TPSA) is 35.9 Å². The Hall–Kier alpha value is -0.500. The maximum absolute atomic E-state index is 7.59. The molecule has 11 heavy (non-hydrogen) atoms. The second kappa shape index (κ2) is 3.26. The normalized spacial score (nSPS) is 29.0. The fourth-order valence-electron chi connectivity index (χ4n) is 1.42. The van der Waals surface area contributed by atoms with E-state index in [1.807, 2.05) is 0 Å². The van der Waals surface area contributed by atoms with Crippen molar-refractivity contribution in [3.8, 4) is 0 Å². The van der Waals surface area contributed by atoms with Gasteiger partial charge in [0.25, 0.3) is 0 Å². The molecular formula is C8H13ClN2. The summed E-state index contributed by atoms with van der Waals surface area (Å²) in [5.74, 6) is 0.447. The predicted octanol–water partition coefficient (Wildman–Crippen LogP) is 2.11. The van der Waals surface area contributed by atoms with E-state index in [0.29, 0.717) is 16.8 Å². The smallest absolute Gasteiger partial charge is 0.107 e. The van der Waals surface area contributed by atoms with Crippen LogP contribution in [0, 0.1) is 11.3 Å². The Morgan fingerprint density at radius 1 is 1.73 bits per heavy atom. The lowest BCUT2D eigenvalue weighted by atomic mass is 10.1. The van der Waals surface area contributed by atoms with Crippen molar-refractivity contribution >= 4 is 17.3 Å². The van der Waals surface area contributed by atoms with E-state index in [1.54, 1.807) is 7.05 Å². The number of nitrogens with one attached hydrogen (secondary N) is 2. The largest absolute Gasteiger partial charge is 0.379 e. The molecule has 1 aliphatic rings. The van der Waals surface area contributed by atoms with Crippen molar-refractivity contribution < 1.29 is 0 Å². The highest BCUT2D eigenvalue weighted by atomic mass is 35.5.